The van der Waals surface area contributed by atoms with Crippen LogP contribution in [0.3, 0.4) is 0 Å². The van der Waals surface area contributed by atoms with Crippen LogP contribution in [0.5, 0.6) is 0 Å². The van der Waals surface area contributed by atoms with Gasteiger partial charge in [-0.25, -0.2) is 0 Å². The monoisotopic (exact) mass is 217 g/mol. The molecule has 4 heteroatoms. The van der Waals surface area contributed by atoms with E-state index in [4.69, 9.17) is 4.74 Å². The molecule has 0 aromatic carbocycles. The van der Waals surface area contributed by atoms with Gasteiger partial charge in [-0.3, -0.25) is 4.79 Å². The highest BCUT2D eigenvalue weighted by Crippen LogP contribution is 2.18. The molecule has 0 spiro atoms. The van der Waals surface area contributed by atoms with Gasteiger partial charge in [0.1, 0.15) is 0 Å². The van der Waals surface area contributed by atoms with Gasteiger partial charge in [0.2, 0.25) is 0 Å². The lowest BCUT2D eigenvalue weighted by Gasteiger charge is -2.24. The quantitative estimate of drug-likeness (QED) is 0.490. The van der Waals surface area contributed by atoms with E-state index in [2.05, 4.69) is 23.9 Å². The Morgan fingerprint density at radius 3 is 2.53 bits per heavy atom. The van der Waals surface area contributed by atoms with E-state index >= 15 is 0 Å². The molecule has 15 heavy (non-hydrogen) atoms. The van der Waals surface area contributed by atoms with Crippen LogP contribution in [0.25, 0.3) is 0 Å². The summed E-state index contributed by atoms with van der Waals surface area (Å²) < 4.78 is 9.59. The number of hydrogen-bond acceptors (Lipinski definition) is 4. The Balaban J connectivity index is 3.52. The van der Waals surface area contributed by atoms with Crippen LogP contribution in [0.4, 0.5) is 0 Å². The van der Waals surface area contributed by atoms with Crippen molar-refractivity contribution in [2.24, 2.45) is 5.41 Å². The smallest absolute Gasteiger partial charge is 0.306 e. The van der Waals surface area contributed by atoms with Gasteiger partial charge < -0.3 is 14.8 Å². The molecule has 4 nitrogen and oxygen atoms in total. The summed E-state index contributed by atoms with van der Waals surface area (Å²) >= 11 is 0. The predicted molar refractivity (Wildman–Crippen MR) is 59.8 cm³/mol. The molecule has 0 radical (unpaired) electrons. The highest BCUT2D eigenvalue weighted by Gasteiger charge is 2.16. The predicted octanol–water partition coefficient (Wildman–Crippen LogP) is 1.20. The van der Waals surface area contributed by atoms with Crippen LogP contribution in [0.2, 0.25) is 0 Å². The Morgan fingerprint density at radius 1 is 1.33 bits per heavy atom. The maximum Gasteiger partial charge on any atom is 0.306 e. The van der Waals surface area contributed by atoms with Crippen LogP contribution in [0.15, 0.2) is 0 Å². The van der Waals surface area contributed by atoms with Crippen molar-refractivity contribution in [1.82, 2.24) is 5.32 Å². The minimum absolute atomic E-state index is 0.169. The Hall–Kier alpha value is -0.610. The molecule has 0 aliphatic heterocycles. The van der Waals surface area contributed by atoms with Crippen molar-refractivity contribution >= 4 is 5.97 Å². The molecule has 90 valence electrons. The second-order valence-electron chi connectivity index (χ2n) is 4.41. The van der Waals surface area contributed by atoms with Crippen LogP contribution in [-0.2, 0) is 14.3 Å². The second kappa shape index (κ2) is 7.65. The van der Waals surface area contributed by atoms with E-state index < -0.39 is 0 Å². The maximum absolute atomic E-state index is 10.8. The van der Waals surface area contributed by atoms with Gasteiger partial charge in [-0.15, -0.1) is 0 Å². The standard InChI is InChI=1S/C11H23NO3/c1-11(2,6-8-14-3)9-12-7-5-10(13)15-4/h12H,5-9H2,1-4H3. The summed E-state index contributed by atoms with van der Waals surface area (Å²) in [6.07, 6.45) is 1.44. The molecule has 0 saturated heterocycles. The Labute approximate surface area is 92.3 Å². The number of carbonyl (C=O) groups is 1. The first-order valence-corrected chi connectivity index (χ1v) is 5.28. The Kier molecular flexibility index (Phi) is 7.34. The lowest BCUT2D eigenvalue weighted by Crippen LogP contribution is -2.31. The molecule has 0 rings (SSSR count). The summed E-state index contributed by atoms with van der Waals surface area (Å²) in [7, 11) is 3.12. The fourth-order valence-corrected chi connectivity index (χ4v) is 1.19. The van der Waals surface area contributed by atoms with Crippen LogP contribution in [0, 0.1) is 5.41 Å². The third-order valence-electron chi connectivity index (χ3n) is 2.32. The SMILES string of the molecule is COCCC(C)(C)CNCCC(=O)OC. The number of esters is 1. The maximum atomic E-state index is 10.8. The summed E-state index contributed by atoms with van der Waals surface area (Å²) in [5.74, 6) is -0.169. The summed E-state index contributed by atoms with van der Waals surface area (Å²) in [6.45, 7) is 6.68. The van der Waals surface area contributed by atoms with Gasteiger partial charge in [-0.2, -0.15) is 0 Å². The van der Waals surface area contributed by atoms with Crippen molar-refractivity contribution in [3.8, 4) is 0 Å². The molecule has 0 saturated carbocycles. The van der Waals surface area contributed by atoms with Crippen molar-refractivity contribution < 1.29 is 14.3 Å². The van der Waals surface area contributed by atoms with Gasteiger partial charge in [0, 0.05) is 26.8 Å². The van der Waals surface area contributed by atoms with E-state index in [9.17, 15) is 4.79 Å². The molecule has 0 aromatic rings. The minimum atomic E-state index is -0.169. The second-order valence-corrected chi connectivity index (χ2v) is 4.41. The molecule has 0 heterocycles. The number of rotatable bonds is 8. The van der Waals surface area contributed by atoms with Crippen molar-refractivity contribution in [2.45, 2.75) is 26.7 Å². The first kappa shape index (κ1) is 14.4. The lowest BCUT2D eigenvalue weighted by atomic mass is 9.90. The van der Waals surface area contributed by atoms with Crippen LogP contribution >= 0.6 is 0 Å². The third-order valence-corrected chi connectivity index (χ3v) is 2.32. The zero-order chi connectivity index (χ0) is 11.7. The van der Waals surface area contributed by atoms with E-state index in [1.807, 2.05) is 0 Å². The van der Waals surface area contributed by atoms with E-state index in [0.29, 0.717) is 13.0 Å². The number of methoxy groups -OCH3 is 2. The molecule has 0 amide bonds. The fraction of sp³-hybridized carbons (Fsp3) is 0.909. The molecule has 0 fully saturated rings. The topological polar surface area (TPSA) is 47.6 Å². The highest BCUT2D eigenvalue weighted by molar-refractivity contribution is 5.69. The minimum Gasteiger partial charge on any atom is -0.469 e. The average Bonchev–Trinajstić information content (AvgIpc) is 2.21. The summed E-state index contributed by atoms with van der Waals surface area (Å²) in [5, 5.41) is 3.24. The largest absolute Gasteiger partial charge is 0.469 e. The molecule has 0 bridgehead atoms. The van der Waals surface area contributed by atoms with Gasteiger partial charge in [-0.05, 0) is 11.8 Å². The van der Waals surface area contributed by atoms with E-state index in [-0.39, 0.29) is 11.4 Å². The lowest BCUT2D eigenvalue weighted by molar-refractivity contribution is -0.140. The van der Waals surface area contributed by atoms with Crippen molar-refractivity contribution in [3.05, 3.63) is 0 Å². The summed E-state index contributed by atoms with van der Waals surface area (Å²) in [5.41, 5.74) is 0.201. The molecule has 0 aliphatic rings. The van der Waals surface area contributed by atoms with Gasteiger partial charge in [0.25, 0.3) is 0 Å². The van der Waals surface area contributed by atoms with Gasteiger partial charge in [0.15, 0.2) is 0 Å². The van der Waals surface area contributed by atoms with E-state index in [1.54, 1.807) is 7.11 Å². The van der Waals surface area contributed by atoms with Crippen molar-refractivity contribution in [1.29, 1.82) is 0 Å². The molecule has 0 unspecified atom stereocenters. The van der Waals surface area contributed by atoms with E-state index in [0.717, 1.165) is 19.6 Å². The molecule has 0 atom stereocenters. The van der Waals surface area contributed by atoms with Crippen molar-refractivity contribution in [2.75, 3.05) is 33.9 Å². The Bertz CT molecular complexity index is 181. The number of ether oxygens (including phenoxy) is 2. The van der Waals surface area contributed by atoms with Gasteiger partial charge >= 0.3 is 5.97 Å². The van der Waals surface area contributed by atoms with Gasteiger partial charge in [-0.1, -0.05) is 13.8 Å². The van der Waals surface area contributed by atoms with Gasteiger partial charge in [0.05, 0.1) is 13.5 Å². The molecular formula is C11H23NO3. The van der Waals surface area contributed by atoms with Crippen LogP contribution in [-0.4, -0.2) is 39.9 Å². The zero-order valence-electron chi connectivity index (χ0n) is 10.3. The summed E-state index contributed by atoms with van der Waals surface area (Å²) in [4.78, 5) is 10.8. The number of carbonyl (C=O) groups excluding carboxylic acids is 1. The van der Waals surface area contributed by atoms with Crippen LogP contribution in [0.1, 0.15) is 26.7 Å². The van der Waals surface area contributed by atoms with Crippen LogP contribution < -0.4 is 5.32 Å². The molecule has 1 N–H and O–H groups in total. The summed E-state index contributed by atoms with van der Waals surface area (Å²) in [6, 6.07) is 0. The normalized spacial score (nSPS) is 11.5. The van der Waals surface area contributed by atoms with E-state index in [1.165, 1.54) is 7.11 Å². The number of nitrogens with one attached hydrogen (secondary N) is 1. The highest BCUT2D eigenvalue weighted by atomic mass is 16.5. The first-order chi connectivity index (χ1) is 7.02. The zero-order valence-corrected chi connectivity index (χ0v) is 10.3. The molecule has 0 aromatic heterocycles. The molecular weight excluding hydrogens is 194 g/mol. The molecule has 0 aliphatic carbocycles. The van der Waals surface area contributed by atoms with Crippen molar-refractivity contribution in [3.63, 3.8) is 0 Å². The average molecular weight is 217 g/mol. The Morgan fingerprint density at radius 2 is 2.00 bits per heavy atom. The third kappa shape index (κ3) is 8.39. The fourth-order valence-electron chi connectivity index (χ4n) is 1.19. The first-order valence-electron chi connectivity index (χ1n) is 5.28. The number of hydrogen-bond donors (Lipinski definition) is 1.